The number of hydrogen-bond acceptors (Lipinski definition) is 0. The number of alkyl halides is 1. The van der Waals surface area contributed by atoms with Gasteiger partial charge in [-0.05, 0) is 6.42 Å². The van der Waals surface area contributed by atoms with E-state index in [0.717, 1.165) is 18.4 Å². The molecule has 0 aromatic rings. The molecule has 0 aromatic carbocycles. The van der Waals surface area contributed by atoms with E-state index in [4.69, 9.17) is 0 Å². The Balaban J connectivity index is 3.66. The van der Waals surface area contributed by atoms with Gasteiger partial charge >= 0.3 is 0 Å². The zero-order valence-corrected chi connectivity index (χ0v) is 6.57. The maximum absolute atomic E-state index is 11.8. The largest absolute Gasteiger partial charge is 0.251 e. The lowest BCUT2D eigenvalue weighted by atomic mass is 10.1. The quantitative estimate of drug-likeness (QED) is 0.517. The molecule has 0 bridgehead atoms. The second kappa shape index (κ2) is 6.53. The molecule has 0 aromatic heterocycles. The highest BCUT2D eigenvalue weighted by Gasteiger charge is 1.88. The lowest BCUT2D eigenvalue weighted by molar-refractivity contribution is 0.496. The van der Waals surface area contributed by atoms with Crippen LogP contribution in [0, 0.1) is 0 Å². The molecule has 0 saturated heterocycles. The highest BCUT2D eigenvalue weighted by molar-refractivity contribution is 5.15. The van der Waals surface area contributed by atoms with Gasteiger partial charge in [-0.25, -0.2) is 0 Å². The van der Waals surface area contributed by atoms with Gasteiger partial charge in [0.05, 0.1) is 6.67 Å². The first-order valence-electron chi connectivity index (χ1n) is 3.72. The molecule has 0 fully saturated rings. The van der Waals surface area contributed by atoms with Crippen LogP contribution in [0.4, 0.5) is 4.39 Å². The number of allylic oxidation sites excluding steroid dienone is 3. The molecule has 0 radical (unpaired) electrons. The zero-order valence-electron chi connectivity index (χ0n) is 6.57. The Morgan fingerprint density at radius 2 is 2.30 bits per heavy atom. The number of hydrogen-bond donors (Lipinski definition) is 0. The number of rotatable bonds is 5. The van der Waals surface area contributed by atoms with Crippen molar-refractivity contribution >= 4 is 0 Å². The molecule has 0 atom stereocenters. The summed E-state index contributed by atoms with van der Waals surface area (Å²) in [5.41, 5.74) is 1.03. The molecule has 10 heavy (non-hydrogen) atoms. The van der Waals surface area contributed by atoms with Gasteiger partial charge in [-0.2, -0.15) is 0 Å². The van der Waals surface area contributed by atoms with Crippen LogP contribution in [-0.4, -0.2) is 6.67 Å². The van der Waals surface area contributed by atoms with Gasteiger partial charge in [0.2, 0.25) is 0 Å². The highest BCUT2D eigenvalue weighted by Crippen LogP contribution is 2.05. The molecular formula is C9H15F. The molecule has 58 valence electrons. The maximum Gasteiger partial charge on any atom is 0.0934 e. The Morgan fingerprint density at radius 1 is 1.60 bits per heavy atom. The molecule has 0 N–H and O–H groups in total. The fraction of sp³-hybridized carbons (Fsp3) is 0.556. The predicted molar refractivity (Wildman–Crippen MR) is 43.8 cm³/mol. The average molecular weight is 142 g/mol. The first kappa shape index (κ1) is 9.41. The summed E-state index contributed by atoms with van der Waals surface area (Å²) in [7, 11) is 0. The molecule has 0 nitrogen and oxygen atoms in total. The molecule has 0 amide bonds. The topological polar surface area (TPSA) is 0 Å². The van der Waals surface area contributed by atoms with E-state index in [9.17, 15) is 4.39 Å². The minimum atomic E-state index is -0.276. The second-order valence-electron chi connectivity index (χ2n) is 2.21. The Labute approximate surface area is 62.4 Å². The van der Waals surface area contributed by atoms with Crippen molar-refractivity contribution in [3.05, 3.63) is 24.3 Å². The van der Waals surface area contributed by atoms with Crippen LogP contribution in [0.5, 0.6) is 0 Å². The molecule has 0 rings (SSSR count). The molecule has 0 aliphatic heterocycles. The molecule has 1 heteroatoms. The molecule has 0 spiro atoms. The predicted octanol–water partition coefficient (Wildman–Crippen LogP) is 3.26. The van der Waals surface area contributed by atoms with Gasteiger partial charge in [-0.3, -0.25) is 4.39 Å². The third-order valence-electron chi connectivity index (χ3n) is 1.34. The van der Waals surface area contributed by atoms with E-state index < -0.39 is 0 Å². The Kier molecular flexibility index (Phi) is 6.14. The van der Waals surface area contributed by atoms with Crippen LogP contribution in [0.1, 0.15) is 26.2 Å². The Bertz CT molecular complexity index is 114. The van der Waals surface area contributed by atoms with Crippen LogP contribution >= 0.6 is 0 Å². The fourth-order valence-corrected chi connectivity index (χ4v) is 0.726. The van der Waals surface area contributed by atoms with Crippen molar-refractivity contribution in [1.29, 1.82) is 0 Å². The maximum atomic E-state index is 11.8. The third-order valence-corrected chi connectivity index (χ3v) is 1.34. The third kappa shape index (κ3) is 4.30. The van der Waals surface area contributed by atoms with Gasteiger partial charge < -0.3 is 0 Å². The standard InChI is InChI=1S/C9H15F/c1-3-5-6-9(4-2)7-8-10/h4,6H,2-3,5,7-8H2,1H3/b9-6-. The summed E-state index contributed by atoms with van der Waals surface area (Å²) in [4.78, 5) is 0. The average Bonchev–Trinajstić information content (AvgIpc) is 1.98. The lowest BCUT2D eigenvalue weighted by Crippen LogP contribution is -1.80. The van der Waals surface area contributed by atoms with Crippen LogP contribution < -0.4 is 0 Å². The first-order chi connectivity index (χ1) is 4.85. The van der Waals surface area contributed by atoms with Gasteiger partial charge in [0, 0.05) is 6.42 Å². The second-order valence-corrected chi connectivity index (χ2v) is 2.21. The van der Waals surface area contributed by atoms with Crippen LogP contribution in [0.15, 0.2) is 24.3 Å². The Hall–Kier alpha value is -0.590. The molecule has 0 unspecified atom stereocenters. The lowest BCUT2D eigenvalue weighted by Gasteiger charge is -1.95. The Morgan fingerprint density at radius 3 is 2.70 bits per heavy atom. The van der Waals surface area contributed by atoms with Gasteiger partial charge in [0.1, 0.15) is 0 Å². The van der Waals surface area contributed by atoms with Gasteiger partial charge in [-0.1, -0.05) is 37.6 Å². The monoisotopic (exact) mass is 142 g/mol. The smallest absolute Gasteiger partial charge is 0.0934 e. The van der Waals surface area contributed by atoms with Crippen molar-refractivity contribution in [2.75, 3.05) is 6.67 Å². The minimum absolute atomic E-state index is 0.276. The minimum Gasteiger partial charge on any atom is -0.251 e. The van der Waals surface area contributed by atoms with Gasteiger partial charge in [-0.15, -0.1) is 0 Å². The van der Waals surface area contributed by atoms with Crippen LogP contribution in [0.2, 0.25) is 0 Å². The molecule has 0 aliphatic carbocycles. The van der Waals surface area contributed by atoms with Crippen molar-refractivity contribution in [2.45, 2.75) is 26.2 Å². The first-order valence-corrected chi connectivity index (χ1v) is 3.72. The summed E-state index contributed by atoms with van der Waals surface area (Å²) in [6, 6.07) is 0. The zero-order chi connectivity index (χ0) is 7.82. The summed E-state index contributed by atoms with van der Waals surface area (Å²) in [5.74, 6) is 0. The number of unbranched alkanes of at least 4 members (excludes halogenated alkanes) is 1. The SMILES string of the molecule is C=C/C(=C/CCC)CCF. The normalized spacial score (nSPS) is 11.6. The summed E-state index contributed by atoms with van der Waals surface area (Å²) in [6.07, 6.45) is 6.44. The fourth-order valence-electron chi connectivity index (χ4n) is 0.726. The highest BCUT2D eigenvalue weighted by atomic mass is 19.1. The molecular weight excluding hydrogens is 127 g/mol. The van der Waals surface area contributed by atoms with E-state index in [2.05, 4.69) is 13.5 Å². The van der Waals surface area contributed by atoms with Crippen LogP contribution in [0.3, 0.4) is 0 Å². The van der Waals surface area contributed by atoms with E-state index in [-0.39, 0.29) is 6.67 Å². The van der Waals surface area contributed by atoms with Crippen LogP contribution in [-0.2, 0) is 0 Å². The number of halogens is 1. The summed E-state index contributed by atoms with van der Waals surface area (Å²) >= 11 is 0. The summed E-state index contributed by atoms with van der Waals surface area (Å²) < 4.78 is 11.8. The van der Waals surface area contributed by atoms with Crippen molar-refractivity contribution in [2.24, 2.45) is 0 Å². The van der Waals surface area contributed by atoms with Crippen molar-refractivity contribution < 1.29 is 4.39 Å². The summed E-state index contributed by atoms with van der Waals surface area (Å²) in [6.45, 7) is 5.43. The van der Waals surface area contributed by atoms with E-state index in [1.54, 1.807) is 6.08 Å². The van der Waals surface area contributed by atoms with E-state index in [0.29, 0.717) is 6.42 Å². The molecule has 0 heterocycles. The molecule has 0 aliphatic rings. The van der Waals surface area contributed by atoms with Crippen molar-refractivity contribution in [3.8, 4) is 0 Å². The van der Waals surface area contributed by atoms with E-state index in [1.165, 1.54) is 0 Å². The van der Waals surface area contributed by atoms with Gasteiger partial charge in [0.15, 0.2) is 0 Å². The van der Waals surface area contributed by atoms with Crippen LogP contribution in [0.25, 0.3) is 0 Å². The molecule has 0 saturated carbocycles. The summed E-state index contributed by atoms with van der Waals surface area (Å²) in [5, 5.41) is 0. The van der Waals surface area contributed by atoms with Gasteiger partial charge in [0.25, 0.3) is 0 Å². The van der Waals surface area contributed by atoms with Crippen molar-refractivity contribution in [3.63, 3.8) is 0 Å². The van der Waals surface area contributed by atoms with E-state index in [1.807, 2.05) is 6.08 Å². The van der Waals surface area contributed by atoms with Crippen molar-refractivity contribution in [1.82, 2.24) is 0 Å². The van der Waals surface area contributed by atoms with E-state index >= 15 is 0 Å².